The van der Waals surface area contributed by atoms with Crippen molar-refractivity contribution in [1.29, 1.82) is 0 Å². The van der Waals surface area contributed by atoms with Gasteiger partial charge in [-0.15, -0.1) is 0 Å². The number of para-hydroxylation sites is 1. The molecule has 6 nitrogen and oxygen atoms in total. The highest BCUT2D eigenvalue weighted by atomic mass is 35.5. The maximum Gasteiger partial charge on any atom is 0.321 e. The van der Waals surface area contributed by atoms with E-state index in [-0.39, 0.29) is 12.6 Å². The minimum absolute atomic E-state index is 0.178. The van der Waals surface area contributed by atoms with Gasteiger partial charge in [0.25, 0.3) is 0 Å². The first-order valence-corrected chi connectivity index (χ1v) is 6.87. The standard InChI is InChI=1S/C14H17ClN2O4/c1-14(12(18)19)6-7-17(8-14)13(20)16-10-5-3-4-9(15)11(10)21-2/h3-5H,6-8H2,1-2H3,(H,16,20)(H,18,19). The number of carbonyl (C=O) groups is 2. The van der Waals surface area contributed by atoms with Crippen molar-refractivity contribution in [3.63, 3.8) is 0 Å². The van der Waals surface area contributed by atoms with Crippen LogP contribution in [0.1, 0.15) is 13.3 Å². The van der Waals surface area contributed by atoms with Crippen molar-refractivity contribution in [2.24, 2.45) is 5.41 Å². The highest BCUT2D eigenvalue weighted by Gasteiger charge is 2.42. The second kappa shape index (κ2) is 5.81. The number of carboxylic acids is 1. The first kappa shape index (κ1) is 15.4. The van der Waals surface area contributed by atoms with Gasteiger partial charge in [-0.25, -0.2) is 4.79 Å². The van der Waals surface area contributed by atoms with Crippen LogP contribution in [0.25, 0.3) is 0 Å². The molecule has 0 bridgehead atoms. The van der Waals surface area contributed by atoms with E-state index < -0.39 is 11.4 Å². The number of nitrogens with one attached hydrogen (secondary N) is 1. The van der Waals surface area contributed by atoms with Crippen molar-refractivity contribution in [2.75, 3.05) is 25.5 Å². The monoisotopic (exact) mass is 312 g/mol. The SMILES string of the molecule is COc1c(Cl)cccc1NC(=O)N1CCC(C)(C(=O)O)C1. The molecule has 0 saturated carbocycles. The number of nitrogens with zero attached hydrogens (tertiary/aromatic N) is 1. The van der Waals surface area contributed by atoms with E-state index >= 15 is 0 Å². The fourth-order valence-electron chi connectivity index (χ4n) is 2.32. The normalized spacial score (nSPS) is 21.2. The average molecular weight is 313 g/mol. The molecule has 2 amide bonds. The highest BCUT2D eigenvalue weighted by Crippen LogP contribution is 2.34. The first-order valence-electron chi connectivity index (χ1n) is 6.49. The number of benzene rings is 1. The Labute approximate surface area is 127 Å². The predicted molar refractivity (Wildman–Crippen MR) is 79.0 cm³/mol. The fraction of sp³-hybridized carbons (Fsp3) is 0.429. The van der Waals surface area contributed by atoms with E-state index in [0.717, 1.165) is 0 Å². The lowest BCUT2D eigenvalue weighted by molar-refractivity contribution is -0.146. The van der Waals surface area contributed by atoms with Crippen molar-refractivity contribution in [3.05, 3.63) is 23.2 Å². The van der Waals surface area contributed by atoms with Crippen molar-refractivity contribution in [3.8, 4) is 5.75 Å². The van der Waals surface area contributed by atoms with Crippen molar-refractivity contribution in [2.45, 2.75) is 13.3 Å². The summed E-state index contributed by atoms with van der Waals surface area (Å²) in [4.78, 5) is 24.9. The van der Waals surface area contributed by atoms with Gasteiger partial charge in [-0.2, -0.15) is 0 Å². The summed E-state index contributed by atoms with van der Waals surface area (Å²) in [5.41, 5.74) is -0.436. The van der Waals surface area contributed by atoms with Crippen molar-refractivity contribution >= 4 is 29.3 Å². The summed E-state index contributed by atoms with van der Waals surface area (Å²) < 4.78 is 5.16. The van der Waals surface area contributed by atoms with E-state index in [1.807, 2.05) is 0 Å². The molecule has 1 heterocycles. The molecule has 1 saturated heterocycles. The summed E-state index contributed by atoms with van der Waals surface area (Å²) in [6.07, 6.45) is 0.433. The Morgan fingerprint density at radius 2 is 2.19 bits per heavy atom. The number of carboxylic acid groups (broad SMARTS) is 1. The number of aliphatic carboxylic acids is 1. The minimum Gasteiger partial charge on any atom is -0.493 e. The molecule has 0 aromatic heterocycles. The van der Waals surface area contributed by atoms with Gasteiger partial charge in [0.1, 0.15) is 0 Å². The molecule has 7 heteroatoms. The fourth-order valence-corrected chi connectivity index (χ4v) is 2.57. The number of ether oxygens (including phenoxy) is 1. The molecule has 0 radical (unpaired) electrons. The van der Waals surface area contributed by atoms with Crippen molar-refractivity contribution in [1.82, 2.24) is 4.90 Å². The molecule has 2 N–H and O–H groups in total. The number of anilines is 1. The van der Waals surface area contributed by atoms with Gasteiger partial charge in [0, 0.05) is 13.1 Å². The van der Waals surface area contributed by atoms with E-state index in [9.17, 15) is 14.7 Å². The molecular formula is C14H17ClN2O4. The maximum absolute atomic E-state index is 12.2. The number of methoxy groups -OCH3 is 1. The van der Waals surface area contributed by atoms with E-state index in [0.29, 0.717) is 29.4 Å². The Balaban J connectivity index is 2.10. The molecule has 1 unspecified atom stereocenters. The Kier molecular flexibility index (Phi) is 4.27. The Morgan fingerprint density at radius 1 is 1.48 bits per heavy atom. The van der Waals surface area contributed by atoms with Crippen LogP contribution in [-0.4, -0.2) is 42.2 Å². The van der Waals surface area contributed by atoms with Gasteiger partial charge in [0.2, 0.25) is 0 Å². The van der Waals surface area contributed by atoms with Crippen LogP contribution in [0, 0.1) is 5.41 Å². The predicted octanol–water partition coefficient (Wildman–Crippen LogP) is 2.68. The van der Waals surface area contributed by atoms with Gasteiger partial charge in [0.15, 0.2) is 5.75 Å². The Hall–Kier alpha value is -1.95. The first-order chi connectivity index (χ1) is 9.87. The number of amides is 2. The lowest BCUT2D eigenvalue weighted by atomic mass is 9.90. The Morgan fingerprint density at radius 3 is 2.76 bits per heavy atom. The van der Waals surface area contributed by atoms with E-state index in [1.165, 1.54) is 12.0 Å². The van der Waals surface area contributed by atoms with Crippen LogP contribution >= 0.6 is 11.6 Å². The number of carbonyl (C=O) groups excluding carboxylic acids is 1. The van der Waals surface area contributed by atoms with Crippen LogP contribution in [0.5, 0.6) is 5.75 Å². The molecule has 0 spiro atoms. The van der Waals surface area contributed by atoms with E-state index in [1.54, 1.807) is 25.1 Å². The summed E-state index contributed by atoms with van der Waals surface area (Å²) >= 11 is 5.99. The zero-order chi connectivity index (χ0) is 15.6. The highest BCUT2D eigenvalue weighted by molar-refractivity contribution is 6.32. The topological polar surface area (TPSA) is 78.9 Å². The second-order valence-electron chi connectivity index (χ2n) is 5.29. The molecule has 1 aromatic carbocycles. The van der Waals surface area contributed by atoms with E-state index in [4.69, 9.17) is 16.3 Å². The lowest BCUT2D eigenvalue weighted by Crippen LogP contribution is -2.37. The minimum atomic E-state index is -0.893. The number of rotatable bonds is 3. The molecule has 114 valence electrons. The van der Waals surface area contributed by atoms with Crippen LogP contribution in [0.2, 0.25) is 5.02 Å². The zero-order valence-corrected chi connectivity index (χ0v) is 12.6. The molecule has 1 aliphatic heterocycles. The van der Waals surface area contributed by atoms with Gasteiger partial charge in [-0.3, -0.25) is 4.79 Å². The number of likely N-dealkylation sites (tertiary alicyclic amines) is 1. The molecule has 2 rings (SSSR count). The number of urea groups is 1. The van der Waals surface area contributed by atoms with Gasteiger partial charge in [-0.1, -0.05) is 17.7 Å². The van der Waals surface area contributed by atoms with Crippen LogP contribution in [0.4, 0.5) is 10.5 Å². The third-order valence-electron chi connectivity index (χ3n) is 3.69. The summed E-state index contributed by atoms with van der Waals surface area (Å²) in [6.45, 7) is 2.22. The van der Waals surface area contributed by atoms with Crippen LogP contribution in [0.15, 0.2) is 18.2 Å². The molecule has 1 aromatic rings. The number of hydrogen-bond donors (Lipinski definition) is 2. The maximum atomic E-state index is 12.2. The van der Waals surface area contributed by atoms with Crippen LogP contribution in [0.3, 0.4) is 0 Å². The summed E-state index contributed by atoms with van der Waals surface area (Å²) in [6, 6.07) is 4.68. The van der Waals surface area contributed by atoms with Gasteiger partial charge in [0.05, 0.1) is 23.2 Å². The molecule has 0 aliphatic carbocycles. The molecular weight excluding hydrogens is 296 g/mol. The average Bonchev–Trinajstić information content (AvgIpc) is 2.83. The largest absolute Gasteiger partial charge is 0.493 e. The summed E-state index contributed by atoms with van der Waals surface area (Å²) in [5, 5.41) is 12.3. The van der Waals surface area contributed by atoms with Gasteiger partial charge < -0.3 is 20.1 Å². The van der Waals surface area contributed by atoms with E-state index in [2.05, 4.69) is 5.32 Å². The Bertz CT molecular complexity index is 578. The lowest BCUT2D eigenvalue weighted by Gasteiger charge is -2.21. The summed E-state index contributed by atoms with van der Waals surface area (Å²) in [7, 11) is 1.47. The zero-order valence-electron chi connectivity index (χ0n) is 11.9. The van der Waals surface area contributed by atoms with Crippen molar-refractivity contribution < 1.29 is 19.4 Å². The summed E-state index contributed by atoms with van der Waals surface area (Å²) in [5.74, 6) is -0.508. The van der Waals surface area contributed by atoms with Crippen LogP contribution in [-0.2, 0) is 4.79 Å². The van der Waals surface area contributed by atoms with Crippen LogP contribution < -0.4 is 10.1 Å². The van der Waals surface area contributed by atoms with Gasteiger partial charge >= 0.3 is 12.0 Å². The molecule has 1 atom stereocenters. The molecule has 1 aliphatic rings. The number of halogens is 1. The third kappa shape index (κ3) is 3.05. The third-order valence-corrected chi connectivity index (χ3v) is 3.99. The number of hydrogen-bond acceptors (Lipinski definition) is 3. The van der Waals surface area contributed by atoms with Gasteiger partial charge in [-0.05, 0) is 25.5 Å². The molecule has 1 fully saturated rings. The molecule has 21 heavy (non-hydrogen) atoms. The smallest absolute Gasteiger partial charge is 0.321 e. The quantitative estimate of drug-likeness (QED) is 0.899. The second-order valence-corrected chi connectivity index (χ2v) is 5.70.